The Balaban J connectivity index is 1.79. The Bertz CT molecular complexity index is 920. The number of nitro groups is 1. The first kappa shape index (κ1) is 15.8. The zero-order valence-electron chi connectivity index (χ0n) is 12.2. The molecule has 0 aliphatic rings. The Kier molecular flexibility index (Phi) is 4.31. The van der Waals surface area contributed by atoms with Gasteiger partial charge in [-0.1, -0.05) is 29.8 Å². The zero-order chi connectivity index (χ0) is 17.1. The van der Waals surface area contributed by atoms with Gasteiger partial charge in [0.15, 0.2) is 5.76 Å². The molecule has 0 fully saturated rings. The number of furan rings is 1. The molecule has 1 amide bonds. The summed E-state index contributed by atoms with van der Waals surface area (Å²) in [4.78, 5) is 22.4. The molecule has 1 heterocycles. The van der Waals surface area contributed by atoms with Gasteiger partial charge >= 0.3 is 0 Å². The predicted molar refractivity (Wildman–Crippen MR) is 90.2 cm³/mol. The second kappa shape index (κ2) is 6.55. The fourth-order valence-corrected chi connectivity index (χ4v) is 2.34. The molecular formula is C17H11ClN2O4. The van der Waals surface area contributed by atoms with Crippen molar-refractivity contribution in [2.24, 2.45) is 0 Å². The number of nitrogens with zero attached hydrogens (tertiary/aromatic N) is 1. The quantitative estimate of drug-likeness (QED) is 0.547. The van der Waals surface area contributed by atoms with Crippen molar-refractivity contribution in [3.05, 3.63) is 81.6 Å². The smallest absolute Gasteiger partial charge is 0.291 e. The summed E-state index contributed by atoms with van der Waals surface area (Å²) in [7, 11) is 0. The monoisotopic (exact) mass is 342 g/mol. The molecule has 0 bridgehead atoms. The highest BCUT2D eigenvalue weighted by Crippen LogP contribution is 2.25. The molecule has 0 spiro atoms. The molecule has 7 heteroatoms. The second-order valence-corrected chi connectivity index (χ2v) is 5.37. The van der Waals surface area contributed by atoms with Gasteiger partial charge in [-0.05, 0) is 30.3 Å². The fourth-order valence-electron chi connectivity index (χ4n) is 2.15. The van der Waals surface area contributed by atoms with Gasteiger partial charge in [-0.3, -0.25) is 14.9 Å². The summed E-state index contributed by atoms with van der Waals surface area (Å²) in [6.07, 6.45) is 0. The van der Waals surface area contributed by atoms with E-state index in [-0.39, 0.29) is 11.4 Å². The number of hydrogen-bond donors (Lipinski definition) is 1. The van der Waals surface area contributed by atoms with Crippen LogP contribution in [0.25, 0.3) is 11.3 Å². The standard InChI is InChI=1S/C17H11ClN2O4/c18-12-4-1-3-11(9-12)15-7-8-16(24-15)17(21)19-13-5-2-6-14(10-13)20(22)23/h1-10H,(H,19,21). The summed E-state index contributed by atoms with van der Waals surface area (Å²) in [5, 5.41) is 13.9. The van der Waals surface area contributed by atoms with E-state index in [0.29, 0.717) is 16.5 Å². The summed E-state index contributed by atoms with van der Waals surface area (Å²) in [6, 6.07) is 15.9. The lowest BCUT2D eigenvalue weighted by Crippen LogP contribution is -2.10. The van der Waals surface area contributed by atoms with E-state index in [9.17, 15) is 14.9 Å². The maximum Gasteiger partial charge on any atom is 0.291 e. The van der Waals surface area contributed by atoms with E-state index in [2.05, 4.69) is 5.32 Å². The maximum absolute atomic E-state index is 12.2. The van der Waals surface area contributed by atoms with Crippen molar-refractivity contribution in [2.45, 2.75) is 0 Å². The van der Waals surface area contributed by atoms with Crippen molar-refractivity contribution >= 4 is 28.9 Å². The van der Waals surface area contributed by atoms with E-state index in [4.69, 9.17) is 16.0 Å². The van der Waals surface area contributed by atoms with Crippen LogP contribution in [0.4, 0.5) is 11.4 Å². The third kappa shape index (κ3) is 3.44. The van der Waals surface area contributed by atoms with E-state index in [1.54, 1.807) is 30.3 Å². The van der Waals surface area contributed by atoms with Crippen LogP contribution < -0.4 is 5.32 Å². The molecule has 3 aromatic rings. The molecule has 6 nitrogen and oxygen atoms in total. The number of benzene rings is 2. The molecule has 24 heavy (non-hydrogen) atoms. The van der Waals surface area contributed by atoms with Gasteiger partial charge < -0.3 is 9.73 Å². The molecule has 0 atom stereocenters. The molecule has 1 aromatic heterocycles. The molecule has 1 N–H and O–H groups in total. The van der Waals surface area contributed by atoms with Crippen LogP contribution in [0, 0.1) is 10.1 Å². The third-order valence-electron chi connectivity index (χ3n) is 3.25. The van der Waals surface area contributed by atoms with Crippen LogP contribution in [0.15, 0.2) is 65.1 Å². The van der Waals surface area contributed by atoms with Crippen molar-refractivity contribution in [3.8, 4) is 11.3 Å². The molecule has 0 saturated heterocycles. The van der Waals surface area contributed by atoms with Crippen molar-refractivity contribution < 1.29 is 14.1 Å². The number of carbonyl (C=O) groups is 1. The van der Waals surface area contributed by atoms with Crippen LogP contribution in [-0.2, 0) is 0 Å². The third-order valence-corrected chi connectivity index (χ3v) is 3.49. The van der Waals surface area contributed by atoms with Crippen molar-refractivity contribution in [2.75, 3.05) is 5.32 Å². The van der Waals surface area contributed by atoms with E-state index >= 15 is 0 Å². The molecular weight excluding hydrogens is 332 g/mol. The Morgan fingerprint density at radius 2 is 1.88 bits per heavy atom. The summed E-state index contributed by atoms with van der Waals surface area (Å²) in [5.74, 6) is 0.0990. The topological polar surface area (TPSA) is 85.4 Å². The summed E-state index contributed by atoms with van der Waals surface area (Å²) < 4.78 is 5.53. The Morgan fingerprint density at radius 3 is 2.62 bits per heavy atom. The maximum atomic E-state index is 12.2. The fraction of sp³-hybridized carbons (Fsp3) is 0. The average molecular weight is 343 g/mol. The largest absolute Gasteiger partial charge is 0.451 e. The number of halogens is 1. The SMILES string of the molecule is O=C(Nc1cccc([N+](=O)[O-])c1)c1ccc(-c2cccc(Cl)c2)o1. The highest BCUT2D eigenvalue weighted by Gasteiger charge is 2.14. The molecule has 2 aromatic carbocycles. The predicted octanol–water partition coefficient (Wildman–Crippen LogP) is 4.76. The minimum atomic E-state index is -0.528. The molecule has 3 rings (SSSR count). The van der Waals surface area contributed by atoms with Crippen LogP contribution in [0.5, 0.6) is 0 Å². The number of rotatable bonds is 4. The lowest BCUT2D eigenvalue weighted by atomic mass is 10.2. The lowest BCUT2D eigenvalue weighted by Gasteiger charge is -2.03. The number of carbonyl (C=O) groups excluding carboxylic acids is 1. The number of nitrogens with one attached hydrogen (secondary N) is 1. The van der Waals surface area contributed by atoms with Gasteiger partial charge in [0.05, 0.1) is 4.92 Å². The van der Waals surface area contributed by atoms with E-state index < -0.39 is 10.8 Å². The Morgan fingerprint density at radius 1 is 1.08 bits per heavy atom. The Labute approximate surface area is 141 Å². The van der Waals surface area contributed by atoms with Gasteiger partial charge in [-0.2, -0.15) is 0 Å². The summed E-state index contributed by atoms with van der Waals surface area (Å²) in [6.45, 7) is 0. The van der Waals surface area contributed by atoms with E-state index in [1.165, 1.54) is 24.3 Å². The van der Waals surface area contributed by atoms with Crippen LogP contribution in [0.3, 0.4) is 0 Å². The first-order chi connectivity index (χ1) is 11.5. The average Bonchev–Trinajstić information content (AvgIpc) is 3.05. The van der Waals surface area contributed by atoms with Crippen LogP contribution >= 0.6 is 11.6 Å². The number of hydrogen-bond acceptors (Lipinski definition) is 4. The van der Waals surface area contributed by atoms with E-state index in [1.807, 2.05) is 6.07 Å². The first-order valence-corrected chi connectivity index (χ1v) is 7.32. The van der Waals surface area contributed by atoms with Gasteiger partial charge in [0.1, 0.15) is 5.76 Å². The lowest BCUT2D eigenvalue weighted by molar-refractivity contribution is -0.384. The van der Waals surface area contributed by atoms with Crippen molar-refractivity contribution in [1.29, 1.82) is 0 Å². The summed E-state index contributed by atoms with van der Waals surface area (Å²) >= 11 is 5.94. The van der Waals surface area contributed by atoms with Gasteiger partial charge in [-0.15, -0.1) is 0 Å². The highest BCUT2D eigenvalue weighted by molar-refractivity contribution is 6.30. The minimum Gasteiger partial charge on any atom is -0.451 e. The van der Waals surface area contributed by atoms with Crippen molar-refractivity contribution in [1.82, 2.24) is 0 Å². The van der Waals surface area contributed by atoms with Crippen molar-refractivity contribution in [3.63, 3.8) is 0 Å². The van der Waals surface area contributed by atoms with Gasteiger partial charge in [0.2, 0.25) is 0 Å². The van der Waals surface area contributed by atoms with Gasteiger partial charge in [-0.25, -0.2) is 0 Å². The molecule has 0 saturated carbocycles. The number of amides is 1. The molecule has 120 valence electrons. The molecule has 0 unspecified atom stereocenters. The molecule has 0 aliphatic heterocycles. The number of non-ortho nitro benzene ring substituents is 1. The van der Waals surface area contributed by atoms with Gasteiger partial charge in [0.25, 0.3) is 11.6 Å². The molecule has 0 aliphatic carbocycles. The number of anilines is 1. The van der Waals surface area contributed by atoms with Crippen LogP contribution in [-0.4, -0.2) is 10.8 Å². The normalized spacial score (nSPS) is 10.4. The number of nitro benzene ring substituents is 1. The zero-order valence-corrected chi connectivity index (χ0v) is 13.0. The first-order valence-electron chi connectivity index (χ1n) is 6.94. The minimum absolute atomic E-state index is 0.0940. The van der Waals surface area contributed by atoms with E-state index in [0.717, 1.165) is 5.56 Å². The highest BCUT2D eigenvalue weighted by atomic mass is 35.5. The second-order valence-electron chi connectivity index (χ2n) is 4.94. The van der Waals surface area contributed by atoms with Crippen LogP contribution in [0.1, 0.15) is 10.6 Å². The van der Waals surface area contributed by atoms with Gasteiger partial charge in [0, 0.05) is 28.4 Å². The summed E-state index contributed by atoms with van der Waals surface area (Å²) in [5.41, 5.74) is 0.957. The molecule has 0 radical (unpaired) electrons. The van der Waals surface area contributed by atoms with Crippen LogP contribution in [0.2, 0.25) is 5.02 Å². The Hall–Kier alpha value is -3.12.